The Balaban J connectivity index is 2.03. The van der Waals surface area contributed by atoms with Crippen LogP contribution in [0.5, 0.6) is 0 Å². The van der Waals surface area contributed by atoms with Crippen molar-refractivity contribution in [2.24, 2.45) is 0 Å². The normalized spacial score (nSPS) is 13.6. The van der Waals surface area contributed by atoms with Crippen molar-refractivity contribution < 1.29 is 8.42 Å². The zero-order valence-corrected chi connectivity index (χ0v) is 13.0. The van der Waals surface area contributed by atoms with Crippen LogP contribution in [0, 0.1) is 0 Å². The van der Waals surface area contributed by atoms with Crippen LogP contribution in [0.1, 0.15) is 23.5 Å². The minimum absolute atomic E-state index is 0.276. The lowest BCUT2D eigenvalue weighted by Crippen LogP contribution is -2.39. The van der Waals surface area contributed by atoms with Gasteiger partial charge in [0.15, 0.2) is 0 Å². The molecule has 0 fully saturated rings. The third-order valence-corrected chi connectivity index (χ3v) is 5.56. The monoisotopic (exact) mass is 311 g/mol. The maximum atomic E-state index is 12.2. The molecule has 108 valence electrons. The predicted octanol–water partition coefficient (Wildman–Crippen LogP) is 2.17. The van der Waals surface area contributed by atoms with Gasteiger partial charge in [-0.1, -0.05) is 30.3 Å². The van der Waals surface area contributed by atoms with E-state index in [-0.39, 0.29) is 12.6 Å². The Kier molecular flexibility index (Phi) is 4.87. The van der Waals surface area contributed by atoms with Gasteiger partial charge in [-0.2, -0.15) is 17.4 Å². The number of rotatable bonds is 6. The summed E-state index contributed by atoms with van der Waals surface area (Å²) in [4.78, 5) is 4.15. The molecule has 1 aromatic carbocycles. The van der Waals surface area contributed by atoms with Crippen molar-refractivity contribution in [2.75, 3.05) is 7.05 Å². The molecule has 0 aliphatic rings. The zero-order chi connectivity index (χ0) is 14.6. The number of nitrogens with zero attached hydrogens (tertiary/aromatic N) is 2. The van der Waals surface area contributed by atoms with Gasteiger partial charge in [-0.05, 0) is 12.5 Å². The average molecular weight is 311 g/mol. The van der Waals surface area contributed by atoms with Crippen LogP contribution in [-0.4, -0.2) is 24.8 Å². The van der Waals surface area contributed by atoms with E-state index in [0.717, 1.165) is 10.6 Å². The first-order chi connectivity index (χ1) is 9.50. The molecule has 1 aromatic heterocycles. The van der Waals surface area contributed by atoms with E-state index in [9.17, 15) is 8.42 Å². The molecule has 1 unspecified atom stereocenters. The molecule has 1 atom stereocenters. The van der Waals surface area contributed by atoms with Gasteiger partial charge in [0, 0.05) is 25.2 Å². The van der Waals surface area contributed by atoms with Gasteiger partial charge in [-0.25, -0.2) is 4.98 Å². The number of hydrogen-bond acceptors (Lipinski definition) is 4. The minimum atomic E-state index is -3.53. The van der Waals surface area contributed by atoms with Crippen LogP contribution in [0.3, 0.4) is 0 Å². The van der Waals surface area contributed by atoms with E-state index in [2.05, 4.69) is 9.71 Å². The van der Waals surface area contributed by atoms with Crippen LogP contribution < -0.4 is 4.72 Å². The van der Waals surface area contributed by atoms with Crippen LogP contribution in [0.15, 0.2) is 41.9 Å². The van der Waals surface area contributed by atoms with Crippen molar-refractivity contribution in [3.8, 4) is 0 Å². The number of aromatic nitrogens is 1. The van der Waals surface area contributed by atoms with Gasteiger partial charge in [-0.15, -0.1) is 11.3 Å². The molecule has 7 heteroatoms. The van der Waals surface area contributed by atoms with Gasteiger partial charge in [0.1, 0.15) is 5.01 Å². The van der Waals surface area contributed by atoms with E-state index in [4.69, 9.17) is 0 Å². The van der Waals surface area contributed by atoms with Crippen molar-refractivity contribution >= 4 is 21.5 Å². The molecule has 0 saturated carbocycles. The van der Waals surface area contributed by atoms with Gasteiger partial charge >= 0.3 is 0 Å². The molecule has 0 aliphatic carbocycles. The first-order valence-electron chi connectivity index (χ1n) is 6.16. The summed E-state index contributed by atoms with van der Waals surface area (Å²) in [6.45, 7) is 2.10. The van der Waals surface area contributed by atoms with E-state index in [1.165, 1.54) is 15.6 Å². The molecule has 20 heavy (non-hydrogen) atoms. The Bertz CT molecular complexity index is 627. The zero-order valence-electron chi connectivity index (χ0n) is 11.4. The van der Waals surface area contributed by atoms with Gasteiger partial charge in [0.25, 0.3) is 10.2 Å². The average Bonchev–Trinajstić information content (AvgIpc) is 2.99. The van der Waals surface area contributed by atoms with Crippen molar-refractivity contribution in [2.45, 2.75) is 19.5 Å². The fourth-order valence-electron chi connectivity index (χ4n) is 1.68. The van der Waals surface area contributed by atoms with Gasteiger partial charge in [-0.3, -0.25) is 0 Å². The molecule has 5 nitrogen and oxygen atoms in total. The highest BCUT2D eigenvalue weighted by Crippen LogP contribution is 2.22. The smallest absolute Gasteiger partial charge is 0.248 e. The van der Waals surface area contributed by atoms with Crippen LogP contribution in [0.25, 0.3) is 0 Å². The first-order valence-corrected chi connectivity index (χ1v) is 8.48. The summed E-state index contributed by atoms with van der Waals surface area (Å²) in [6, 6.07) is 9.13. The summed E-state index contributed by atoms with van der Waals surface area (Å²) in [6.07, 6.45) is 1.67. The van der Waals surface area contributed by atoms with Crippen molar-refractivity contribution in [1.29, 1.82) is 0 Å². The molecule has 2 aromatic rings. The molecule has 0 amide bonds. The first kappa shape index (κ1) is 15.1. The largest absolute Gasteiger partial charge is 0.280 e. The van der Waals surface area contributed by atoms with Crippen LogP contribution in [0.4, 0.5) is 0 Å². The molecule has 2 rings (SSSR count). The lowest BCUT2D eigenvalue weighted by molar-refractivity contribution is 0.389. The molecule has 0 radical (unpaired) electrons. The van der Waals surface area contributed by atoms with Crippen molar-refractivity contribution in [1.82, 2.24) is 14.0 Å². The number of thiazole rings is 1. The second-order valence-electron chi connectivity index (χ2n) is 4.37. The molecule has 0 bridgehead atoms. The number of nitrogens with one attached hydrogen (secondary N) is 1. The Hall–Kier alpha value is -1.28. The van der Waals surface area contributed by atoms with Gasteiger partial charge in [0.2, 0.25) is 0 Å². The van der Waals surface area contributed by atoms with Crippen LogP contribution in [-0.2, 0) is 16.8 Å². The highest BCUT2D eigenvalue weighted by atomic mass is 32.2. The van der Waals surface area contributed by atoms with Crippen LogP contribution >= 0.6 is 11.3 Å². The predicted molar refractivity (Wildman–Crippen MR) is 80.5 cm³/mol. The summed E-state index contributed by atoms with van der Waals surface area (Å²) in [5, 5.41) is 2.61. The molecule has 0 aliphatic heterocycles. The Morgan fingerprint density at radius 2 is 2.05 bits per heavy atom. The summed E-state index contributed by atoms with van der Waals surface area (Å²) >= 11 is 1.44. The van der Waals surface area contributed by atoms with Crippen molar-refractivity contribution in [3.05, 3.63) is 52.5 Å². The molecule has 0 saturated heterocycles. The lowest BCUT2D eigenvalue weighted by Gasteiger charge is -2.22. The number of hydrogen-bond donors (Lipinski definition) is 1. The topological polar surface area (TPSA) is 62.3 Å². The minimum Gasteiger partial charge on any atom is -0.248 e. The molecule has 1 N–H and O–H groups in total. The maximum absolute atomic E-state index is 12.2. The van der Waals surface area contributed by atoms with E-state index >= 15 is 0 Å². The van der Waals surface area contributed by atoms with E-state index < -0.39 is 10.2 Å². The lowest BCUT2D eigenvalue weighted by atomic mass is 10.2. The highest BCUT2D eigenvalue weighted by Gasteiger charge is 2.25. The van der Waals surface area contributed by atoms with Gasteiger partial charge < -0.3 is 0 Å². The second kappa shape index (κ2) is 6.45. The quantitative estimate of drug-likeness (QED) is 0.889. The molecule has 0 spiro atoms. The Morgan fingerprint density at radius 3 is 2.65 bits per heavy atom. The Labute approximate surface area is 123 Å². The number of benzene rings is 1. The molecule has 1 heterocycles. The fourth-order valence-corrected chi connectivity index (χ4v) is 3.55. The third-order valence-electron chi connectivity index (χ3n) is 3.03. The van der Waals surface area contributed by atoms with Crippen molar-refractivity contribution in [3.63, 3.8) is 0 Å². The Morgan fingerprint density at radius 1 is 1.35 bits per heavy atom. The van der Waals surface area contributed by atoms with Crippen LogP contribution in [0.2, 0.25) is 0 Å². The molecular formula is C13H17N3O2S2. The highest BCUT2D eigenvalue weighted by molar-refractivity contribution is 7.87. The second-order valence-corrected chi connectivity index (χ2v) is 7.12. The van der Waals surface area contributed by atoms with E-state index in [1.807, 2.05) is 42.6 Å². The standard InChI is InChI=1S/C13H17N3O2S2/c1-11(13-14-8-9-19-13)16(2)20(17,18)15-10-12-6-4-3-5-7-12/h3-9,11,15H,10H2,1-2H3. The summed E-state index contributed by atoms with van der Waals surface area (Å²) < 4.78 is 28.4. The fraction of sp³-hybridized carbons (Fsp3) is 0.308. The molecular weight excluding hydrogens is 294 g/mol. The third kappa shape index (κ3) is 3.63. The summed E-state index contributed by atoms with van der Waals surface area (Å²) in [7, 11) is -1.98. The maximum Gasteiger partial charge on any atom is 0.280 e. The summed E-state index contributed by atoms with van der Waals surface area (Å²) in [5.41, 5.74) is 0.923. The summed E-state index contributed by atoms with van der Waals surface area (Å²) in [5.74, 6) is 0. The van der Waals surface area contributed by atoms with E-state index in [1.54, 1.807) is 13.2 Å². The SMILES string of the molecule is CC(c1nccs1)N(C)S(=O)(=O)NCc1ccccc1. The van der Waals surface area contributed by atoms with E-state index in [0.29, 0.717) is 0 Å². The van der Waals surface area contributed by atoms with Gasteiger partial charge in [0.05, 0.1) is 6.04 Å².